The molecule has 1 amide bonds. The summed E-state index contributed by atoms with van der Waals surface area (Å²) in [6.07, 6.45) is 2.35. The quantitative estimate of drug-likeness (QED) is 0.530. The van der Waals surface area contributed by atoms with Gasteiger partial charge in [0.05, 0.1) is 26.4 Å². The second-order valence-corrected chi connectivity index (χ2v) is 3.35. The van der Waals surface area contributed by atoms with Crippen molar-refractivity contribution in [3.63, 3.8) is 0 Å². The Morgan fingerprint density at radius 1 is 1.00 bits per heavy atom. The average Bonchev–Trinajstić information content (AvgIpc) is 2.31. The maximum atomic E-state index is 10.9. The SMILES string of the molecule is CNC(=O)CCCCOCCOCCOC. The molecule has 5 nitrogen and oxygen atoms in total. The minimum absolute atomic E-state index is 0.0860. The van der Waals surface area contributed by atoms with Gasteiger partial charge in [0.1, 0.15) is 0 Å². The minimum Gasteiger partial charge on any atom is -0.382 e. The van der Waals surface area contributed by atoms with Crippen molar-refractivity contribution in [1.82, 2.24) is 5.32 Å². The normalized spacial score (nSPS) is 10.4. The van der Waals surface area contributed by atoms with E-state index in [-0.39, 0.29) is 5.91 Å². The Kier molecular flexibility index (Phi) is 11.9. The molecule has 5 heteroatoms. The Balaban J connectivity index is 2.96. The molecule has 16 heavy (non-hydrogen) atoms. The number of unbranched alkanes of at least 4 members (excludes halogenated alkanes) is 1. The van der Waals surface area contributed by atoms with Gasteiger partial charge in [0, 0.05) is 27.2 Å². The van der Waals surface area contributed by atoms with Crippen LogP contribution >= 0.6 is 0 Å². The maximum Gasteiger partial charge on any atom is 0.219 e. The standard InChI is InChI=1S/C11H23NO4/c1-12-11(13)5-3-4-6-15-9-10-16-8-7-14-2/h3-10H2,1-2H3,(H,12,13). The minimum atomic E-state index is 0.0860. The van der Waals surface area contributed by atoms with Crippen molar-refractivity contribution < 1.29 is 19.0 Å². The van der Waals surface area contributed by atoms with E-state index in [0.717, 1.165) is 12.8 Å². The molecule has 0 heterocycles. The van der Waals surface area contributed by atoms with Crippen LogP contribution in [0.1, 0.15) is 19.3 Å². The van der Waals surface area contributed by atoms with Crippen LogP contribution in [0, 0.1) is 0 Å². The van der Waals surface area contributed by atoms with Crippen molar-refractivity contribution in [2.45, 2.75) is 19.3 Å². The Morgan fingerprint density at radius 3 is 2.25 bits per heavy atom. The van der Waals surface area contributed by atoms with Crippen LogP contribution in [0.5, 0.6) is 0 Å². The van der Waals surface area contributed by atoms with Gasteiger partial charge in [-0.2, -0.15) is 0 Å². The van der Waals surface area contributed by atoms with Crippen LogP contribution in [-0.4, -0.2) is 53.1 Å². The number of carbonyl (C=O) groups excluding carboxylic acids is 1. The lowest BCUT2D eigenvalue weighted by Crippen LogP contribution is -2.17. The molecule has 1 N–H and O–H groups in total. The molecule has 0 aliphatic rings. The summed E-state index contributed by atoms with van der Waals surface area (Å²) in [5.74, 6) is 0.0860. The summed E-state index contributed by atoms with van der Waals surface area (Å²) >= 11 is 0. The van der Waals surface area contributed by atoms with E-state index >= 15 is 0 Å². The van der Waals surface area contributed by atoms with Crippen molar-refractivity contribution >= 4 is 5.91 Å². The van der Waals surface area contributed by atoms with E-state index in [1.807, 2.05) is 0 Å². The van der Waals surface area contributed by atoms with Crippen LogP contribution in [0.25, 0.3) is 0 Å². The summed E-state index contributed by atoms with van der Waals surface area (Å²) in [7, 11) is 3.29. The second kappa shape index (κ2) is 12.4. The third kappa shape index (κ3) is 11.4. The monoisotopic (exact) mass is 233 g/mol. The molecule has 0 bridgehead atoms. The number of nitrogens with one attached hydrogen (secondary N) is 1. The Labute approximate surface area is 97.4 Å². The summed E-state index contributed by atoms with van der Waals surface area (Å²) in [6, 6.07) is 0. The average molecular weight is 233 g/mol. The number of hydrogen-bond donors (Lipinski definition) is 1. The van der Waals surface area contributed by atoms with E-state index < -0.39 is 0 Å². The van der Waals surface area contributed by atoms with E-state index in [0.29, 0.717) is 39.5 Å². The third-order valence-electron chi connectivity index (χ3n) is 2.03. The molecule has 0 atom stereocenters. The van der Waals surface area contributed by atoms with Crippen LogP contribution in [0.4, 0.5) is 0 Å². The van der Waals surface area contributed by atoms with Gasteiger partial charge in [-0.25, -0.2) is 0 Å². The number of ether oxygens (including phenoxy) is 3. The molecule has 0 aliphatic heterocycles. The fourth-order valence-corrected chi connectivity index (χ4v) is 1.08. The number of hydrogen-bond acceptors (Lipinski definition) is 4. The topological polar surface area (TPSA) is 56.8 Å². The van der Waals surface area contributed by atoms with Crippen molar-refractivity contribution in [2.24, 2.45) is 0 Å². The highest BCUT2D eigenvalue weighted by Gasteiger charge is 1.97. The number of methoxy groups -OCH3 is 1. The molecule has 0 aromatic rings. The molecule has 0 rings (SSSR count). The fourth-order valence-electron chi connectivity index (χ4n) is 1.08. The zero-order chi connectivity index (χ0) is 12.1. The van der Waals surface area contributed by atoms with Crippen LogP contribution in [0.3, 0.4) is 0 Å². The molecule has 0 radical (unpaired) electrons. The third-order valence-corrected chi connectivity index (χ3v) is 2.03. The lowest BCUT2D eigenvalue weighted by Gasteiger charge is -2.05. The van der Waals surface area contributed by atoms with E-state index in [2.05, 4.69) is 5.32 Å². The van der Waals surface area contributed by atoms with E-state index in [4.69, 9.17) is 14.2 Å². The van der Waals surface area contributed by atoms with Crippen LogP contribution in [0.2, 0.25) is 0 Å². The van der Waals surface area contributed by atoms with Crippen LogP contribution < -0.4 is 5.32 Å². The fraction of sp³-hybridized carbons (Fsp3) is 0.909. The molecule has 0 fully saturated rings. The number of rotatable bonds is 11. The molecule has 0 aromatic carbocycles. The maximum absolute atomic E-state index is 10.9. The van der Waals surface area contributed by atoms with Crippen LogP contribution in [0.15, 0.2) is 0 Å². The van der Waals surface area contributed by atoms with Crippen molar-refractivity contribution in [1.29, 1.82) is 0 Å². The lowest BCUT2D eigenvalue weighted by atomic mass is 10.2. The molecule has 0 aromatic heterocycles. The van der Waals surface area contributed by atoms with Crippen molar-refractivity contribution in [3.8, 4) is 0 Å². The predicted molar refractivity (Wildman–Crippen MR) is 61.4 cm³/mol. The van der Waals surface area contributed by atoms with Gasteiger partial charge in [-0.3, -0.25) is 4.79 Å². The van der Waals surface area contributed by atoms with Crippen molar-refractivity contribution in [2.75, 3.05) is 47.2 Å². The Bertz CT molecular complexity index is 164. The second-order valence-electron chi connectivity index (χ2n) is 3.35. The first-order valence-electron chi connectivity index (χ1n) is 5.66. The molecule has 0 spiro atoms. The van der Waals surface area contributed by atoms with Gasteiger partial charge in [0.25, 0.3) is 0 Å². The first kappa shape index (κ1) is 15.3. The highest BCUT2D eigenvalue weighted by molar-refractivity contribution is 5.75. The molecule has 0 unspecified atom stereocenters. The summed E-state index contributed by atoms with van der Waals surface area (Å²) in [5, 5.41) is 2.58. The van der Waals surface area contributed by atoms with E-state index in [9.17, 15) is 4.79 Å². The molecule has 0 saturated carbocycles. The number of amides is 1. The first-order valence-corrected chi connectivity index (χ1v) is 5.66. The summed E-state index contributed by atoms with van der Waals surface area (Å²) in [5.41, 5.74) is 0. The highest BCUT2D eigenvalue weighted by Crippen LogP contribution is 1.95. The van der Waals surface area contributed by atoms with Gasteiger partial charge in [-0.15, -0.1) is 0 Å². The zero-order valence-electron chi connectivity index (χ0n) is 10.3. The van der Waals surface area contributed by atoms with Gasteiger partial charge in [0.2, 0.25) is 5.91 Å². The zero-order valence-corrected chi connectivity index (χ0v) is 10.3. The predicted octanol–water partition coefficient (Wildman–Crippen LogP) is 0.582. The van der Waals surface area contributed by atoms with Crippen LogP contribution in [-0.2, 0) is 19.0 Å². The molecular formula is C11H23NO4. The smallest absolute Gasteiger partial charge is 0.219 e. The van der Waals surface area contributed by atoms with E-state index in [1.54, 1.807) is 14.2 Å². The lowest BCUT2D eigenvalue weighted by molar-refractivity contribution is -0.120. The summed E-state index contributed by atoms with van der Waals surface area (Å²) in [4.78, 5) is 10.9. The molecular weight excluding hydrogens is 210 g/mol. The largest absolute Gasteiger partial charge is 0.382 e. The Morgan fingerprint density at radius 2 is 1.62 bits per heavy atom. The molecule has 0 aliphatic carbocycles. The number of carbonyl (C=O) groups is 1. The summed E-state index contributed by atoms with van der Waals surface area (Å²) in [6.45, 7) is 3.11. The first-order chi connectivity index (χ1) is 7.81. The molecule has 96 valence electrons. The van der Waals surface area contributed by atoms with E-state index in [1.165, 1.54) is 0 Å². The van der Waals surface area contributed by atoms with Gasteiger partial charge in [-0.1, -0.05) is 0 Å². The van der Waals surface area contributed by atoms with Gasteiger partial charge in [-0.05, 0) is 12.8 Å². The highest BCUT2D eigenvalue weighted by atomic mass is 16.5. The van der Waals surface area contributed by atoms with Gasteiger partial charge >= 0.3 is 0 Å². The molecule has 0 saturated heterocycles. The van der Waals surface area contributed by atoms with Crippen molar-refractivity contribution in [3.05, 3.63) is 0 Å². The summed E-state index contributed by atoms with van der Waals surface area (Å²) < 4.78 is 15.4. The Hall–Kier alpha value is -0.650. The van der Waals surface area contributed by atoms with Gasteiger partial charge in [0.15, 0.2) is 0 Å². The van der Waals surface area contributed by atoms with Gasteiger partial charge < -0.3 is 19.5 Å².